The number of hydrogen-bond acceptors (Lipinski definition) is 0. The van der Waals surface area contributed by atoms with E-state index in [-0.39, 0.29) is 9.13 Å². The van der Waals surface area contributed by atoms with Gasteiger partial charge in [-0.15, -0.1) is 0 Å². The first kappa shape index (κ1) is 1.28. The van der Waals surface area contributed by atoms with Crippen molar-refractivity contribution in [3.05, 3.63) is 18.6 Å². The molecule has 1 rings (SSSR count). The van der Waals surface area contributed by atoms with Gasteiger partial charge in [-0.2, -0.15) is 0 Å². The van der Waals surface area contributed by atoms with Crippen LogP contribution in [0.1, 0.15) is 58.4 Å². The summed E-state index contributed by atoms with van der Waals surface area (Å²) in [4.78, 5) is 0. The third-order valence-corrected chi connectivity index (χ3v) is 0.829. The Bertz CT molecular complexity index is 839. The lowest BCUT2D eigenvalue weighted by Crippen LogP contribution is -2.30. The van der Waals surface area contributed by atoms with Gasteiger partial charge >= 0.3 is 0 Å². The molecule has 1 heterocycles. The molecule has 12 heavy (non-hydrogen) atoms. The standard InChI is InChI=1S/C10H19N2/c1-3-4-5-6-7-12-9-8-11(2)10-12/h8-10H,3-7H2,1-2H3/q+1/i1D3,2D3,3D2,4D2,5D2,6D2,7D2,8D,9D,10D. The van der Waals surface area contributed by atoms with Gasteiger partial charge in [-0.1, -0.05) is 19.6 Å². The average molecular weight is 186 g/mol. The smallest absolute Gasteiger partial charge is 0.240 e. The number of imidazole rings is 1. The van der Waals surface area contributed by atoms with Gasteiger partial charge in [-0.3, -0.25) is 0 Å². The number of aromatic nitrogens is 2. The van der Waals surface area contributed by atoms with E-state index in [1.165, 1.54) is 0 Å². The highest BCUT2D eigenvalue weighted by Crippen LogP contribution is 1.97. The van der Waals surface area contributed by atoms with Crippen LogP contribution in [0.3, 0.4) is 0 Å². The van der Waals surface area contributed by atoms with E-state index in [0.717, 1.165) is 0 Å². The van der Waals surface area contributed by atoms with Crippen molar-refractivity contribution in [1.82, 2.24) is 4.57 Å². The van der Waals surface area contributed by atoms with E-state index in [9.17, 15) is 0 Å². The second-order valence-electron chi connectivity index (χ2n) is 1.61. The zero-order chi connectivity index (χ0) is 25.4. The minimum absolute atomic E-state index is 0.116. The molecule has 0 saturated heterocycles. The van der Waals surface area contributed by atoms with E-state index in [1.807, 2.05) is 0 Å². The second kappa shape index (κ2) is 4.96. The first-order chi connectivity index (χ1) is 13.2. The van der Waals surface area contributed by atoms with Crippen molar-refractivity contribution in [3.8, 4) is 0 Å². The molecule has 0 atom stereocenters. The summed E-state index contributed by atoms with van der Waals surface area (Å²) in [5, 5.41) is 0. The summed E-state index contributed by atoms with van der Waals surface area (Å²) >= 11 is 0. The van der Waals surface area contributed by atoms with Gasteiger partial charge in [0.05, 0.1) is 20.3 Å². The van der Waals surface area contributed by atoms with Crippen LogP contribution in [0, 0.1) is 0 Å². The molecule has 0 unspecified atom stereocenters. The fourth-order valence-electron chi connectivity index (χ4n) is 0.449. The molecule has 2 nitrogen and oxygen atoms in total. The highest BCUT2D eigenvalue weighted by Gasteiger charge is 1.97. The summed E-state index contributed by atoms with van der Waals surface area (Å²) in [5.41, 5.74) is 0. The molecule has 0 aromatic carbocycles. The first-order valence-corrected chi connectivity index (χ1v) is 2.84. The molecule has 0 radical (unpaired) electrons. The molecule has 1 aromatic rings. The van der Waals surface area contributed by atoms with Crippen LogP contribution < -0.4 is 4.57 Å². The van der Waals surface area contributed by atoms with Crippen LogP contribution in [0.5, 0.6) is 0 Å². The zero-order valence-electron chi connectivity index (χ0n) is 24.9. The van der Waals surface area contributed by atoms with Crippen LogP contribution >= 0.6 is 0 Å². The van der Waals surface area contributed by atoms with E-state index in [4.69, 9.17) is 26.0 Å². The molecule has 0 saturated carbocycles. The average Bonchev–Trinajstić information content (AvgIpc) is 2.74. The quantitative estimate of drug-likeness (QED) is 0.621. The van der Waals surface area contributed by atoms with Gasteiger partial charge in [0.1, 0.15) is 15.1 Å². The maximum Gasteiger partial charge on any atom is 0.243 e. The van der Waals surface area contributed by atoms with Gasteiger partial charge in [0.25, 0.3) is 0 Å². The van der Waals surface area contributed by atoms with Gasteiger partial charge in [-0.25, -0.2) is 9.13 Å². The summed E-state index contributed by atoms with van der Waals surface area (Å²) < 4.78 is 144. The molecule has 0 aliphatic rings. The van der Waals surface area contributed by atoms with Gasteiger partial charge < -0.3 is 0 Å². The molecule has 2 heteroatoms. The molecule has 0 aliphatic heterocycles. The molecule has 0 fully saturated rings. The predicted octanol–water partition coefficient (Wildman–Crippen LogP) is 1.89. The van der Waals surface area contributed by atoms with Crippen molar-refractivity contribution in [2.45, 2.75) is 38.8 Å². The van der Waals surface area contributed by atoms with Crippen LogP contribution in [-0.4, -0.2) is 4.57 Å². The Morgan fingerprint density at radius 1 is 1.58 bits per heavy atom. The Balaban J connectivity index is 3.86. The molecule has 0 amide bonds. The molecule has 0 spiro atoms. The van der Waals surface area contributed by atoms with E-state index < -0.39 is 64.5 Å². The van der Waals surface area contributed by atoms with E-state index >= 15 is 0 Å². The highest BCUT2D eigenvalue weighted by molar-refractivity contribution is 4.61. The van der Waals surface area contributed by atoms with Crippen molar-refractivity contribution in [1.29, 1.82) is 0 Å². The van der Waals surface area contributed by atoms with Crippen molar-refractivity contribution < 1.29 is 30.6 Å². The van der Waals surface area contributed by atoms with Crippen LogP contribution in [0.2, 0.25) is 0 Å². The SMILES string of the molecule is [2H]c1c([2H])[n+](C([2H])([2H])C([2H])([2H])C([2H])([2H])C([2H])([2H])C([2H])([2H])C([2H])([2H])[2H])c([2H])n1C([2H])([2H])[2H]. The van der Waals surface area contributed by atoms with Crippen molar-refractivity contribution in [2.75, 3.05) is 0 Å². The summed E-state index contributed by atoms with van der Waals surface area (Å²) in [6.07, 6.45) is -20.7. The van der Waals surface area contributed by atoms with Gasteiger partial charge in [0.2, 0.25) is 6.30 Å². The lowest BCUT2D eigenvalue weighted by atomic mass is 10.2. The van der Waals surface area contributed by atoms with Crippen LogP contribution in [0.4, 0.5) is 0 Å². The Hall–Kier alpha value is -0.790. The summed E-state index contributed by atoms with van der Waals surface area (Å²) in [7, 11) is 0. The van der Waals surface area contributed by atoms with Crippen LogP contribution in [0.25, 0.3) is 0 Å². The second-order valence-corrected chi connectivity index (χ2v) is 1.61. The minimum atomic E-state index is -4.25. The molecule has 1 aromatic heterocycles. The van der Waals surface area contributed by atoms with Crippen molar-refractivity contribution in [3.63, 3.8) is 0 Å². The predicted molar refractivity (Wildman–Crippen MR) is 49.8 cm³/mol. The molecular weight excluding hydrogens is 148 g/mol. The monoisotopic (exact) mass is 186 g/mol. The van der Waals surface area contributed by atoms with Crippen molar-refractivity contribution in [2.24, 2.45) is 6.98 Å². The topological polar surface area (TPSA) is 8.81 Å². The summed E-state index contributed by atoms with van der Waals surface area (Å²) in [6, 6.07) is 0. The van der Waals surface area contributed by atoms with E-state index in [1.54, 1.807) is 0 Å². The molecule has 0 N–H and O–H groups in total. The third kappa shape index (κ3) is 3.07. The maximum absolute atomic E-state index is 8.03. The Labute approximate surface area is 102 Å². The molecule has 68 valence electrons. The third-order valence-electron chi connectivity index (χ3n) is 0.829. The Morgan fingerprint density at radius 2 is 2.58 bits per heavy atom. The van der Waals surface area contributed by atoms with E-state index in [2.05, 4.69) is 0 Å². The maximum atomic E-state index is 8.03. The van der Waals surface area contributed by atoms with Gasteiger partial charge in [-0.05, 0) is 12.7 Å². The molecular formula is C10H19N2+. The Morgan fingerprint density at radius 3 is 3.33 bits per heavy atom. The first-order valence-electron chi connectivity index (χ1n) is 12.3. The van der Waals surface area contributed by atoms with Gasteiger partial charge in [0.15, 0.2) is 1.37 Å². The van der Waals surface area contributed by atoms with Gasteiger partial charge in [0, 0.05) is 15.1 Å². The molecule has 0 aliphatic carbocycles. The summed E-state index contributed by atoms with van der Waals surface area (Å²) in [6.45, 7) is -11.0. The van der Waals surface area contributed by atoms with E-state index in [0.29, 0.717) is 0 Å². The van der Waals surface area contributed by atoms with Crippen molar-refractivity contribution >= 4 is 0 Å². The minimum Gasteiger partial charge on any atom is -0.240 e. The van der Waals surface area contributed by atoms with Crippen LogP contribution in [0.15, 0.2) is 18.6 Å². The fourth-order valence-corrected chi connectivity index (χ4v) is 0.449. The van der Waals surface area contributed by atoms with Crippen LogP contribution in [-0.2, 0) is 13.5 Å². The Kier molecular flexibility index (Phi) is 0.530. The normalized spacial score (nSPS) is 41.8. The molecule has 0 bridgehead atoms. The highest BCUT2D eigenvalue weighted by atomic mass is 15.1. The zero-order valence-corrected chi connectivity index (χ0v) is 5.89. The largest absolute Gasteiger partial charge is 0.243 e. The number of rotatable bonds is 5. The summed E-state index contributed by atoms with van der Waals surface area (Å²) in [5.74, 6) is 0. The number of hydrogen-bond donors (Lipinski definition) is 0. The lowest BCUT2D eigenvalue weighted by Gasteiger charge is -1.95. The lowest BCUT2D eigenvalue weighted by molar-refractivity contribution is -0.696. The fraction of sp³-hybridized carbons (Fsp3) is 0.700. The number of nitrogens with zero attached hydrogens (tertiary/aromatic N) is 2.